The Morgan fingerprint density at radius 1 is 1.62 bits per heavy atom. The van der Waals surface area contributed by atoms with E-state index in [2.05, 4.69) is 4.99 Å². The highest BCUT2D eigenvalue weighted by Crippen LogP contribution is 2.10. The minimum absolute atomic E-state index is 0.254. The van der Waals surface area contributed by atoms with Gasteiger partial charge in [0, 0.05) is 19.7 Å². The number of hydrogen-bond donors (Lipinski definition) is 1. The van der Waals surface area contributed by atoms with Crippen molar-refractivity contribution in [2.45, 2.75) is 32.4 Å². The van der Waals surface area contributed by atoms with Gasteiger partial charge in [0.1, 0.15) is 0 Å². The average Bonchev–Trinajstić information content (AvgIpc) is 2.53. The molecule has 1 heterocycles. The molecule has 4 heteroatoms. The molecule has 13 heavy (non-hydrogen) atoms. The van der Waals surface area contributed by atoms with Crippen molar-refractivity contribution in [3.05, 3.63) is 0 Å². The van der Waals surface area contributed by atoms with Crippen LogP contribution in [0.2, 0.25) is 0 Å². The molecule has 76 valence electrons. The summed E-state index contributed by atoms with van der Waals surface area (Å²) in [5, 5.41) is 0. The number of nitrogens with zero attached hydrogens (tertiary/aromatic N) is 2. The molecule has 1 atom stereocenters. The zero-order chi connectivity index (χ0) is 9.84. The molecule has 1 unspecified atom stereocenters. The zero-order valence-corrected chi connectivity index (χ0v) is 8.66. The normalized spacial score (nSPS) is 24.0. The fraction of sp³-hybridized carbons (Fsp3) is 0.889. The first-order chi connectivity index (χ1) is 6.11. The van der Waals surface area contributed by atoms with Crippen LogP contribution in [0.5, 0.6) is 0 Å². The van der Waals surface area contributed by atoms with Gasteiger partial charge in [-0.25, -0.2) is 0 Å². The van der Waals surface area contributed by atoms with Crippen LogP contribution < -0.4 is 5.73 Å². The fourth-order valence-corrected chi connectivity index (χ4v) is 1.37. The molecule has 0 aromatic carbocycles. The van der Waals surface area contributed by atoms with Crippen molar-refractivity contribution in [2.75, 3.05) is 20.3 Å². The van der Waals surface area contributed by atoms with E-state index in [0.29, 0.717) is 12.0 Å². The van der Waals surface area contributed by atoms with Gasteiger partial charge >= 0.3 is 0 Å². The molecule has 0 aliphatic carbocycles. The summed E-state index contributed by atoms with van der Waals surface area (Å²) in [7, 11) is 1.97. The minimum Gasteiger partial charge on any atom is -0.379 e. The molecular weight excluding hydrogens is 166 g/mol. The lowest BCUT2D eigenvalue weighted by Gasteiger charge is -2.24. The maximum atomic E-state index is 5.82. The van der Waals surface area contributed by atoms with Gasteiger partial charge in [0.2, 0.25) is 0 Å². The number of aliphatic imine (C=N–C) groups is 1. The Bertz CT molecular complexity index is 185. The van der Waals surface area contributed by atoms with Crippen LogP contribution in [0.15, 0.2) is 4.99 Å². The largest absolute Gasteiger partial charge is 0.379 e. The van der Waals surface area contributed by atoms with Crippen molar-refractivity contribution in [1.82, 2.24) is 4.90 Å². The number of nitrogens with two attached hydrogens (primary N) is 1. The van der Waals surface area contributed by atoms with Gasteiger partial charge in [0.25, 0.3) is 0 Å². The number of hydrogen-bond acceptors (Lipinski definition) is 2. The summed E-state index contributed by atoms with van der Waals surface area (Å²) in [6.45, 7) is 5.65. The van der Waals surface area contributed by atoms with Crippen LogP contribution in [-0.2, 0) is 4.74 Å². The Hall–Kier alpha value is -0.770. The van der Waals surface area contributed by atoms with Crippen LogP contribution >= 0.6 is 0 Å². The highest BCUT2D eigenvalue weighted by molar-refractivity contribution is 5.78. The number of rotatable bonds is 2. The molecule has 0 saturated carbocycles. The van der Waals surface area contributed by atoms with Gasteiger partial charge in [-0.2, -0.15) is 0 Å². The quantitative estimate of drug-likeness (QED) is 0.501. The van der Waals surface area contributed by atoms with E-state index in [1.54, 1.807) is 0 Å². The van der Waals surface area contributed by atoms with Gasteiger partial charge in [0.15, 0.2) is 5.96 Å². The summed E-state index contributed by atoms with van der Waals surface area (Å²) in [4.78, 5) is 6.29. The molecule has 1 aliphatic rings. The third kappa shape index (κ3) is 2.88. The van der Waals surface area contributed by atoms with Crippen LogP contribution in [0.1, 0.15) is 20.3 Å². The average molecular weight is 185 g/mol. The van der Waals surface area contributed by atoms with Crippen molar-refractivity contribution in [2.24, 2.45) is 10.7 Å². The van der Waals surface area contributed by atoms with Crippen LogP contribution in [0.25, 0.3) is 0 Å². The Labute approximate surface area is 79.8 Å². The maximum Gasteiger partial charge on any atom is 0.191 e. The van der Waals surface area contributed by atoms with Crippen molar-refractivity contribution < 1.29 is 4.74 Å². The molecule has 1 rings (SSSR count). The van der Waals surface area contributed by atoms with Gasteiger partial charge < -0.3 is 15.4 Å². The van der Waals surface area contributed by atoms with E-state index in [-0.39, 0.29) is 6.04 Å². The molecule has 0 aromatic rings. The highest BCUT2D eigenvalue weighted by atomic mass is 16.5. The van der Waals surface area contributed by atoms with Crippen LogP contribution in [0.3, 0.4) is 0 Å². The smallest absolute Gasteiger partial charge is 0.191 e. The summed E-state index contributed by atoms with van der Waals surface area (Å²) in [5.74, 6) is 0.616. The molecule has 0 aromatic heterocycles. The lowest BCUT2D eigenvalue weighted by Crippen LogP contribution is -2.42. The number of ether oxygens (including phenoxy) is 1. The van der Waals surface area contributed by atoms with E-state index in [4.69, 9.17) is 10.5 Å². The van der Waals surface area contributed by atoms with Crippen molar-refractivity contribution >= 4 is 5.96 Å². The molecule has 0 amide bonds. The monoisotopic (exact) mass is 185 g/mol. The standard InChI is InChI=1S/C9H19N3O/c1-7(2)11-9(10)12(3)8-4-5-13-6-8/h7-8H,4-6H2,1-3H3,(H2,10,11). The Kier molecular flexibility index (Phi) is 3.54. The van der Waals surface area contributed by atoms with E-state index in [0.717, 1.165) is 19.6 Å². The molecular formula is C9H19N3O. The summed E-state index contributed by atoms with van der Waals surface area (Å²) in [6.07, 6.45) is 1.05. The predicted octanol–water partition coefficient (Wildman–Crippen LogP) is 0.430. The molecule has 0 bridgehead atoms. The molecule has 0 spiro atoms. The van der Waals surface area contributed by atoms with Gasteiger partial charge in [-0.05, 0) is 20.3 Å². The summed E-state index contributed by atoms with van der Waals surface area (Å²) < 4.78 is 5.28. The molecule has 1 saturated heterocycles. The zero-order valence-electron chi connectivity index (χ0n) is 8.66. The van der Waals surface area contributed by atoms with Crippen molar-refractivity contribution in [1.29, 1.82) is 0 Å². The van der Waals surface area contributed by atoms with Gasteiger partial charge in [0.05, 0.1) is 12.6 Å². The van der Waals surface area contributed by atoms with Crippen LogP contribution in [0, 0.1) is 0 Å². The van der Waals surface area contributed by atoms with Crippen LogP contribution in [-0.4, -0.2) is 43.2 Å². The first-order valence-electron chi connectivity index (χ1n) is 4.75. The van der Waals surface area contributed by atoms with Crippen LogP contribution in [0.4, 0.5) is 0 Å². The molecule has 4 nitrogen and oxygen atoms in total. The predicted molar refractivity (Wildman–Crippen MR) is 53.7 cm³/mol. The summed E-state index contributed by atoms with van der Waals surface area (Å²) in [5.41, 5.74) is 5.82. The minimum atomic E-state index is 0.254. The summed E-state index contributed by atoms with van der Waals surface area (Å²) in [6, 6.07) is 0.660. The Morgan fingerprint density at radius 3 is 2.77 bits per heavy atom. The number of guanidine groups is 1. The SMILES string of the molecule is CC(C)N=C(N)N(C)C1CCOC1. The van der Waals surface area contributed by atoms with Gasteiger partial charge in [-0.1, -0.05) is 0 Å². The highest BCUT2D eigenvalue weighted by Gasteiger charge is 2.21. The summed E-state index contributed by atoms with van der Waals surface area (Å²) >= 11 is 0. The van der Waals surface area contributed by atoms with Gasteiger partial charge in [-0.3, -0.25) is 4.99 Å². The van der Waals surface area contributed by atoms with Crippen molar-refractivity contribution in [3.63, 3.8) is 0 Å². The van der Waals surface area contributed by atoms with Crippen molar-refractivity contribution in [3.8, 4) is 0 Å². The second-order valence-electron chi connectivity index (χ2n) is 3.71. The lowest BCUT2D eigenvalue weighted by molar-refractivity contribution is 0.179. The fourth-order valence-electron chi connectivity index (χ4n) is 1.37. The molecule has 2 N–H and O–H groups in total. The second kappa shape index (κ2) is 4.46. The molecule has 1 fully saturated rings. The first kappa shape index (κ1) is 10.3. The second-order valence-corrected chi connectivity index (χ2v) is 3.71. The molecule has 0 radical (unpaired) electrons. The number of likely N-dealkylation sites (N-methyl/N-ethyl adjacent to an activating group) is 1. The van der Waals surface area contributed by atoms with E-state index in [1.807, 2.05) is 25.8 Å². The third-order valence-corrected chi connectivity index (χ3v) is 2.21. The Balaban J connectivity index is 2.50. The van der Waals surface area contributed by atoms with E-state index < -0.39 is 0 Å². The van der Waals surface area contributed by atoms with Gasteiger partial charge in [-0.15, -0.1) is 0 Å². The lowest BCUT2D eigenvalue weighted by atomic mass is 10.2. The third-order valence-electron chi connectivity index (χ3n) is 2.21. The van der Waals surface area contributed by atoms with E-state index in [1.165, 1.54) is 0 Å². The Morgan fingerprint density at radius 2 is 2.31 bits per heavy atom. The maximum absolute atomic E-state index is 5.82. The first-order valence-corrected chi connectivity index (χ1v) is 4.75. The van der Waals surface area contributed by atoms with E-state index in [9.17, 15) is 0 Å². The van der Waals surface area contributed by atoms with E-state index >= 15 is 0 Å². The molecule has 1 aliphatic heterocycles. The topological polar surface area (TPSA) is 50.8 Å².